The molecule has 1 heterocycles. The molecule has 2 atom stereocenters. The highest BCUT2D eigenvalue weighted by molar-refractivity contribution is 6.02. The quantitative estimate of drug-likeness (QED) is 0.621. The van der Waals surface area contributed by atoms with Crippen LogP contribution in [-0.4, -0.2) is 31.5 Å². The zero-order valence-corrected chi connectivity index (χ0v) is 19.5. The van der Waals surface area contributed by atoms with Gasteiger partial charge in [0.2, 0.25) is 5.91 Å². The smallest absolute Gasteiger partial charge is 0.225 e. The lowest BCUT2D eigenvalue weighted by atomic mass is 9.73. The maximum Gasteiger partial charge on any atom is 0.225 e. The first-order chi connectivity index (χ1) is 16.0. The van der Waals surface area contributed by atoms with Gasteiger partial charge in [-0.3, -0.25) is 9.59 Å². The van der Waals surface area contributed by atoms with Crippen LogP contribution in [0.4, 0.5) is 0 Å². The van der Waals surface area contributed by atoms with Gasteiger partial charge < -0.3 is 19.5 Å². The van der Waals surface area contributed by atoms with Gasteiger partial charge in [0.25, 0.3) is 0 Å². The second-order valence-electron chi connectivity index (χ2n) is 8.30. The van der Waals surface area contributed by atoms with Crippen molar-refractivity contribution in [3.8, 4) is 17.2 Å². The molecule has 0 spiro atoms. The highest BCUT2D eigenvalue weighted by atomic mass is 16.5. The molecule has 1 amide bonds. The van der Waals surface area contributed by atoms with Crippen molar-refractivity contribution in [3.05, 3.63) is 64.9 Å². The van der Waals surface area contributed by atoms with Crippen molar-refractivity contribution in [2.75, 3.05) is 19.8 Å². The Hall–Kier alpha value is -3.28. The third-order valence-corrected chi connectivity index (χ3v) is 6.17. The number of nitrogens with one attached hydrogen (secondary N) is 1. The normalized spacial score (nSPS) is 20.2. The lowest BCUT2D eigenvalue weighted by Gasteiger charge is -2.34. The highest BCUT2D eigenvalue weighted by Gasteiger charge is 2.38. The zero-order chi connectivity index (χ0) is 23.4. The van der Waals surface area contributed by atoms with E-state index in [0.29, 0.717) is 44.2 Å². The Morgan fingerprint density at radius 1 is 0.788 bits per heavy atom. The van der Waals surface area contributed by atoms with E-state index in [9.17, 15) is 9.59 Å². The molecule has 1 aliphatic carbocycles. The van der Waals surface area contributed by atoms with E-state index in [1.165, 1.54) is 0 Å². The van der Waals surface area contributed by atoms with Crippen LogP contribution in [0.5, 0.6) is 17.2 Å². The number of benzene rings is 2. The van der Waals surface area contributed by atoms with Crippen LogP contribution in [0.3, 0.4) is 0 Å². The predicted molar refractivity (Wildman–Crippen MR) is 126 cm³/mol. The number of allylic oxidation sites excluding steroid dienone is 2. The Balaban J connectivity index is 1.64. The first-order valence-electron chi connectivity index (χ1n) is 11.7. The Morgan fingerprint density at radius 3 is 2.15 bits per heavy atom. The van der Waals surface area contributed by atoms with Crippen LogP contribution in [0.1, 0.15) is 63.0 Å². The van der Waals surface area contributed by atoms with Crippen LogP contribution >= 0.6 is 0 Å². The van der Waals surface area contributed by atoms with E-state index in [0.717, 1.165) is 28.1 Å². The summed E-state index contributed by atoms with van der Waals surface area (Å²) in [6.07, 6.45) is 1.30. The molecule has 174 valence electrons. The van der Waals surface area contributed by atoms with Crippen LogP contribution in [0.15, 0.2) is 53.7 Å². The number of Topliss-reactive ketones (excluding diaryl/α,β-unsaturated/α-hetero) is 1. The summed E-state index contributed by atoms with van der Waals surface area (Å²) in [5.41, 5.74) is 3.45. The number of carbonyl (C=O) groups is 2. The second kappa shape index (κ2) is 10.1. The van der Waals surface area contributed by atoms with Crippen LogP contribution in [-0.2, 0) is 9.59 Å². The molecule has 6 heteroatoms. The zero-order valence-electron chi connectivity index (χ0n) is 19.5. The topological polar surface area (TPSA) is 73.9 Å². The number of hydrogen-bond acceptors (Lipinski definition) is 5. The Morgan fingerprint density at radius 2 is 1.45 bits per heavy atom. The first kappa shape index (κ1) is 22.9. The van der Waals surface area contributed by atoms with Gasteiger partial charge in [0.1, 0.15) is 5.75 Å². The molecule has 2 aromatic carbocycles. The van der Waals surface area contributed by atoms with E-state index >= 15 is 0 Å². The van der Waals surface area contributed by atoms with Gasteiger partial charge in [-0.05, 0) is 68.5 Å². The van der Waals surface area contributed by atoms with E-state index in [4.69, 9.17) is 14.2 Å². The van der Waals surface area contributed by atoms with Crippen molar-refractivity contribution in [1.82, 2.24) is 5.32 Å². The molecular weight excluding hydrogens is 418 g/mol. The molecule has 0 saturated carbocycles. The molecule has 0 bridgehead atoms. The minimum Gasteiger partial charge on any atom is -0.494 e. The fourth-order valence-electron chi connectivity index (χ4n) is 4.77. The molecule has 1 aliphatic heterocycles. The van der Waals surface area contributed by atoms with E-state index in [-0.39, 0.29) is 29.9 Å². The van der Waals surface area contributed by atoms with Crippen molar-refractivity contribution in [2.45, 2.75) is 51.9 Å². The summed E-state index contributed by atoms with van der Waals surface area (Å²) in [6, 6.07) is 13.6. The number of hydrogen-bond donors (Lipinski definition) is 1. The van der Waals surface area contributed by atoms with Gasteiger partial charge in [-0.2, -0.15) is 0 Å². The average molecular weight is 450 g/mol. The van der Waals surface area contributed by atoms with Crippen molar-refractivity contribution < 1.29 is 23.8 Å². The van der Waals surface area contributed by atoms with Crippen molar-refractivity contribution in [3.63, 3.8) is 0 Å². The summed E-state index contributed by atoms with van der Waals surface area (Å²) in [5, 5.41) is 2.99. The van der Waals surface area contributed by atoms with Crippen LogP contribution in [0, 0.1) is 0 Å². The average Bonchev–Trinajstić information content (AvgIpc) is 2.80. The van der Waals surface area contributed by atoms with Crippen molar-refractivity contribution in [1.29, 1.82) is 0 Å². The standard InChI is InChI=1S/C27H31NO5/c1-4-31-20-10-7-17(8-11-20)19-13-22-27(23(29)14-19)21(16-26(30)28-22)18-9-12-24(32-5-2)25(15-18)33-6-3/h7-12,15,19,21H,4-6,13-14,16H2,1-3H3,(H,28,30)/t19-,21-/m1/s1. The van der Waals surface area contributed by atoms with E-state index in [2.05, 4.69) is 5.32 Å². The summed E-state index contributed by atoms with van der Waals surface area (Å²) in [5.74, 6) is 1.90. The van der Waals surface area contributed by atoms with Gasteiger partial charge in [-0.25, -0.2) is 0 Å². The summed E-state index contributed by atoms with van der Waals surface area (Å²) < 4.78 is 17.0. The van der Waals surface area contributed by atoms with E-state index in [1.54, 1.807) is 0 Å². The lowest BCUT2D eigenvalue weighted by Crippen LogP contribution is -2.38. The fourth-order valence-corrected chi connectivity index (χ4v) is 4.77. The SMILES string of the molecule is CCOc1ccc([C@H]2CC(=O)C3=C(C2)NC(=O)C[C@@H]3c2ccc(OCC)c(OCC)c2)cc1. The highest BCUT2D eigenvalue weighted by Crippen LogP contribution is 2.44. The summed E-state index contributed by atoms with van der Waals surface area (Å²) >= 11 is 0. The monoisotopic (exact) mass is 449 g/mol. The minimum absolute atomic E-state index is 0.0327. The number of ether oxygens (including phenoxy) is 3. The molecule has 0 saturated heterocycles. The molecule has 4 rings (SSSR count). The summed E-state index contributed by atoms with van der Waals surface area (Å²) in [7, 11) is 0. The van der Waals surface area contributed by atoms with Gasteiger partial charge in [0, 0.05) is 30.0 Å². The molecule has 33 heavy (non-hydrogen) atoms. The van der Waals surface area contributed by atoms with E-state index < -0.39 is 0 Å². The minimum atomic E-state index is -0.280. The first-order valence-corrected chi connectivity index (χ1v) is 11.7. The summed E-state index contributed by atoms with van der Waals surface area (Å²) in [4.78, 5) is 26.0. The maximum atomic E-state index is 13.4. The largest absolute Gasteiger partial charge is 0.494 e. The number of carbonyl (C=O) groups excluding carboxylic acids is 2. The number of amides is 1. The lowest BCUT2D eigenvalue weighted by molar-refractivity contribution is -0.122. The number of ketones is 1. The fraction of sp³-hybridized carbons (Fsp3) is 0.407. The maximum absolute atomic E-state index is 13.4. The van der Waals surface area contributed by atoms with Gasteiger partial charge in [-0.15, -0.1) is 0 Å². The molecule has 1 N–H and O–H groups in total. The third kappa shape index (κ3) is 4.90. The Bertz CT molecular complexity index is 1060. The van der Waals surface area contributed by atoms with Gasteiger partial charge in [-0.1, -0.05) is 18.2 Å². The molecule has 6 nitrogen and oxygen atoms in total. The van der Waals surface area contributed by atoms with Crippen LogP contribution in [0.25, 0.3) is 0 Å². The molecule has 0 aromatic heterocycles. The van der Waals surface area contributed by atoms with Crippen molar-refractivity contribution in [2.24, 2.45) is 0 Å². The van der Waals surface area contributed by atoms with Crippen LogP contribution in [0.2, 0.25) is 0 Å². The summed E-state index contributed by atoms with van der Waals surface area (Å²) in [6.45, 7) is 7.45. The Kier molecular flexibility index (Phi) is 7.02. The Labute approximate surface area is 194 Å². The second-order valence-corrected chi connectivity index (χ2v) is 8.30. The van der Waals surface area contributed by atoms with Crippen LogP contribution < -0.4 is 19.5 Å². The predicted octanol–water partition coefficient (Wildman–Crippen LogP) is 4.89. The molecule has 2 aliphatic rings. The van der Waals surface area contributed by atoms with Crippen molar-refractivity contribution >= 4 is 11.7 Å². The molecule has 0 fully saturated rings. The van der Waals surface area contributed by atoms with Gasteiger partial charge >= 0.3 is 0 Å². The third-order valence-electron chi connectivity index (χ3n) is 6.17. The molecule has 0 unspecified atom stereocenters. The van der Waals surface area contributed by atoms with E-state index in [1.807, 2.05) is 63.2 Å². The van der Waals surface area contributed by atoms with Gasteiger partial charge in [0.15, 0.2) is 17.3 Å². The molecule has 2 aromatic rings. The number of rotatable bonds is 8. The van der Waals surface area contributed by atoms with Gasteiger partial charge in [0.05, 0.1) is 19.8 Å². The molecule has 0 radical (unpaired) electrons. The molecular formula is C27H31NO5.